The summed E-state index contributed by atoms with van der Waals surface area (Å²) in [5.74, 6) is 0.438. The number of Topliss-reactive ketones (excluding diaryl/α,β-unsaturated/α-hetero) is 1. The number of hydrogen-bond acceptors (Lipinski definition) is 2. The Hall–Kier alpha value is -1.31. The van der Waals surface area contributed by atoms with Crippen LogP contribution in [0.2, 0.25) is 0 Å². The molecule has 0 spiro atoms. The number of phenols is 1. The number of rotatable bonds is 6. The van der Waals surface area contributed by atoms with Crippen molar-refractivity contribution >= 4 is 5.78 Å². The van der Waals surface area contributed by atoms with Crippen molar-refractivity contribution in [2.24, 2.45) is 0 Å². The third kappa shape index (κ3) is 3.37. The summed E-state index contributed by atoms with van der Waals surface area (Å²) < 4.78 is 0. The summed E-state index contributed by atoms with van der Waals surface area (Å²) in [7, 11) is 0. The largest absolute Gasteiger partial charge is 0.508 e. The number of ketones is 1. The molecule has 0 aliphatic heterocycles. The number of phenolic OH excluding ortho intramolecular Hbond substituents is 1. The van der Waals surface area contributed by atoms with Gasteiger partial charge in [0.15, 0.2) is 5.78 Å². The maximum absolute atomic E-state index is 11.9. The Bertz CT molecular complexity index is 356. The first kappa shape index (κ1) is 12.8. The van der Waals surface area contributed by atoms with Crippen LogP contribution in [0.4, 0.5) is 0 Å². The minimum absolute atomic E-state index is 0.189. The third-order valence-corrected chi connectivity index (χ3v) is 2.67. The quantitative estimate of drug-likeness (QED) is 0.742. The van der Waals surface area contributed by atoms with E-state index in [4.69, 9.17) is 0 Å². The first-order valence-corrected chi connectivity index (χ1v) is 6.04. The van der Waals surface area contributed by atoms with Gasteiger partial charge in [-0.15, -0.1) is 0 Å². The Morgan fingerprint density at radius 3 is 2.62 bits per heavy atom. The molecule has 0 unspecified atom stereocenters. The summed E-state index contributed by atoms with van der Waals surface area (Å²) >= 11 is 0. The first-order chi connectivity index (χ1) is 7.69. The second kappa shape index (κ2) is 6.31. The Labute approximate surface area is 97.3 Å². The van der Waals surface area contributed by atoms with Gasteiger partial charge < -0.3 is 5.11 Å². The highest BCUT2D eigenvalue weighted by molar-refractivity contribution is 5.97. The minimum Gasteiger partial charge on any atom is -0.508 e. The standard InChI is InChI=1S/C14H20O2/c1-3-5-7-11-10-12(15)8-9-13(11)14(16)6-4-2/h8-10,15H,3-7H2,1-2H3. The summed E-state index contributed by atoms with van der Waals surface area (Å²) in [4.78, 5) is 11.9. The van der Waals surface area contributed by atoms with E-state index < -0.39 is 0 Å². The molecule has 0 amide bonds. The molecule has 1 N–H and O–H groups in total. The number of benzene rings is 1. The van der Waals surface area contributed by atoms with Crippen molar-refractivity contribution in [3.63, 3.8) is 0 Å². The van der Waals surface area contributed by atoms with Gasteiger partial charge in [-0.1, -0.05) is 20.3 Å². The molecule has 0 atom stereocenters. The van der Waals surface area contributed by atoms with Gasteiger partial charge in [0, 0.05) is 12.0 Å². The van der Waals surface area contributed by atoms with Crippen LogP contribution in [0.3, 0.4) is 0 Å². The second-order valence-corrected chi connectivity index (χ2v) is 4.12. The van der Waals surface area contributed by atoms with Crippen LogP contribution in [-0.4, -0.2) is 10.9 Å². The fourth-order valence-corrected chi connectivity index (χ4v) is 1.79. The number of carbonyl (C=O) groups is 1. The summed E-state index contributed by atoms with van der Waals surface area (Å²) in [6.45, 7) is 4.13. The molecular weight excluding hydrogens is 200 g/mol. The number of carbonyl (C=O) groups excluding carboxylic acids is 1. The van der Waals surface area contributed by atoms with Gasteiger partial charge in [0.2, 0.25) is 0 Å². The average molecular weight is 220 g/mol. The van der Waals surface area contributed by atoms with E-state index in [0.717, 1.165) is 36.8 Å². The van der Waals surface area contributed by atoms with Crippen LogP contribution in [0.5, 0.6) is 5.75 Å². The zero-order valence-corrected chi connectivity index (χ0v) is 10.1. The van der Waals surface area contributed by atoms with Gasteiger partial charge >= 0.3 is 0 Å². The van der Waals surface area contributed by atoms with E-state index in [1.54, 1.807) is 18.2 Å². The topological polar surface area (TPSA) is 37.3 Å². The highest BCUT2D eigenvalue weighted by Crippen LogP contribution is 2.20. The van der Waals surface area contributed by atoms with E-state index in [0.29, 0.717) is 6.42 Å². The lowest BCUT2D eigenvalue weighted by atomic mass is 9.97. The molecule has 0 heterocycles. The van der Waals surface area contributed by atoms with Crippen LogP contribution in [0.1, 0.15) is 55.5 Å². The highest BCUT2D eigenvalue weighted by atomic mass is 16.3. The Balaban J connectivity index is 2.92. The molecule has 0 aliphatic carbocycles. The summed E-state index contributed by atoms with van der Waals surface area (Å²) in [5, 5.41) is 9.44. The molecule has 1 aromatic rings. The van der Waals surface area contributed by atoms with Crippen molar-refractivity contribution in [1.82, 2.24) is 0 Å². The van der Waals surface area contributed by atoms with Crippen LogP contribution < -0.4 is 0 Å². The molecule has 2 nitrogen and oxygen atoms in total. The molecule has 0 aliphatic rings. The van der Waals surface area contributed by atoms with Gasteiger partial charge in [-0.2, -0.15) is 0 Å². The molecule has 0 aromatic heterocycles. The van der Waals surface area contributed by atoms with Crippen LogP contribution in [-0.2, 0) is 6.42 Å². The Morgan fingerprint density at radius 2 is 2.00 bits per heavy atom. The molecule has 16 heavy (non-hydrogen) atoms. The van der Waals surface area contributed by atoms with Crippen LogP contribution in [0, 0.1) is 0 Å². The van der Waals surface area contributed by atoms with Crippen molar-refractivity contribution in [3.8, 4) is 5.75 Å². The van der Waals surface area contributed by atoms with Crippen molar-refractivity contribution in [2.75, 3.05) is 0 Å². The van der Waals surface area contributed by atoms with Crippen LogP contribution in [0.15, 0.2) is 18.2 Å². The summed E-state index contributed by atoms with van der Waals surface area (Å²) in [5.41, 5.74) is 1.77. The van der Waals surface area contributed by atoms with E-state index in [1.165, 1.54) is 0 Å². The van der Waals surface area contributed by atoms with Gasteiger partial charge in [0.05, 0.1) is 0 Å². The van der Waals surface area contributed by atoms with Gasteiger partial charge in [0.1, 0.15) is 5.75 Å². The van der Waals surface area contributed by atoms with Gasteiger partial charge in [-0.05, 0) is 43.0 Å². The van der Waals surface area contributed by atoms with Gasteiger partial charge in [0.25, 0.3) is 0 Å². The average Bonchev–Trinajstić information content (AvgIpc) is 2.26. The van der Waals surface area contributed by atoms with Crippen molar-refractivity contribution in [1.29, 1.82) is 0 Å². The van der Waals surface area contributed by atoms with Gasteiger partial charge in [-0.25, -0.2) is 0 Å². The highest BCUT2D eigenvalue weighted by Gasteiger charge is 2.10. The molecular formula is C14H20O2. The molecule has 88 valence electrons. The van der Waals surface area contributed by atoms with Crippen LogP contribution >= 0.6 is 0 Å². The maximum Gasteiger partial charge on any atom is 0.163 e. The summed E-state index contributed by atoms with van der Waals surface area (Å²) in [6, 6.07) is 5.06. The zero-order chi connectivity index (χ0) is 12.0. The molecule has 0 saturated carbocycles. The molecule has 0 fully saturated rings. The molecule has 1 aromatic carbocycles. The van der Waals surface area contributed by atoms with Crippen molar-refractivity contribution < 1.29 is 9.90 Å². The smallest absolute Gasteiger partial charge is 0.163 e. The lowest BCUT2D eigenvalue weighted by Crippen LogP contribution is -2.03. The van der Waals surface area contributed by atoms with Gasteiger partial charge in [-0.3, -0.25) is 4.79 Å². The van der Waals surface area contributed by atoms with E-state index in [-0.39, 0.29) is 11.5 Å². The second-order valence-electron chi connectivity index (χ2n) is 4.12. The Kier molecular flexibility index (Phi) is 5.03. The number of aryl methyl sites for hydroxylation is 1. The van der Waals surface area contributed by atoms with E-state index in [1.807, 2.05) is 6.92 Å². The molecule has 2 heteroatoms. The SMILES string of the molecule is CCCCc1cc(O)ccc1C(=O)CCC. The van der Waals surface area contributed by atoms with Crippen molar-refractivity contribution in [2.45, 2.75) is 46.0 Å². The molecule has 0 bridgehead atoms. The minimum atomic E-state index is 0.189. The predicted octanol–water partition coefficient (Wildman–Crippen LogP) is 3.72. The lowest BCUT2D eigenvalue weighted by molar-refractivity contribution is 0.0981. The fraction of sp³-hybridized carbons (Fsp3) is 0.500. The molecule has 0 saturated heterocycles. The zero-order valence-electron chi connectivity index (χ0n) is 10.1. The molecule has 0 radical (unpaired) electrons. The van der Waals surface area contributed by atoms with E-state index in [2.05, 4.69) is 6.92 Å². The first-order valence-electron chi connectivity index (χ1n) is 6.04. The normalized spacial score (nSPS) is 10.4. The number of unbranched alkanes of at least 4 members (excludes halogenated alkanes) is 1. The summed E-state index contributed by atoms with van der Waals surface area (Å²) in [6.07, 6.45) is 4.47. The van der Waals surface area contributed by atoms with Crippen LogP contribution in [0.25, 0.3) is 0 Å². The monoisotopic (exact) mass is 220 g/mol. The van der Waals surface area contributed by atoms with E-state index >= 15 is 0 Å². The van der Waals surface area contributed by atoms with E-state index in [9.17, 15) is 9.90 Å². The Morgan fingerprint density at radius 1 is 1.25 bits per heavy atom. The number of hydrogen-bond donors (Lipinski definition) is 1. The third-order valence-electron chi connectivity index (χ3n) is 2.67. The fourth-order valence-electron chi connectivity index (χ4n) is 1.79. The number of aromatic hydroxyl groups is 1. The predicted molar refractivity (Wildman–Crippen MR) is 66.0 cm³/mol. The van der Waals surface area contributed by atoms with Crippen molar-refractivity contribution in [3.05, 3.63) is 29.3 Å². The molecule has 1 rings (SSSR count). The maximum atomic E-state index is 11.9. The lowest BCUT2D eigenvalue weighted by Gasteiger charge is -2.08.